The monoisotopic (exact) mass is 281 g/mol. The number of hydrogen-bond acceptors (Lipinski definition) is 5. The van der Waals surface area contributed by atoms with Gasteiger partial charge in [0.2, 0.25) is 5.75 Å². The maximum absolute atomic E-state index is 12.4. The second-order valence-corrected chi connectivity index (χ2v) is 5.04. The lowest BCUT2D eigenvalue weighted by atomic mass is 9.95. The maximum atomic E-state index is 12.4. The van der Waals surface area contributed by atoms with Crippen molar-refractivity contribution in [1.29, 1.82) is 0 Å². The van der Waals surface area contributed by atoms with Gasteiger partial charge in [-0.1, -0.05) is 0 Å². The molecule has 0 aromatic heterocycles. The van der Waals surface area contributed by atoms with Crippen LogP contribution in [0.1, 0.15) is 17.3 Å². The molecule has 6 nitrogen and oxygen atoms in total. The molecule has 2 rings (SSSR count). The Bertz CT molecular complexity index is 519. The highest BCUT2D eigenvalue weighted by molar-refractivity contribution is 5.99. The molecule has 0 unspecified atom stereocenters. The highest BCUT2D eigenvalue weighted by Crippen LogP contribution is 2.40. The summed E-state index contributed by atoms with van der Waals surface area (Å²) < 4.78 is 15.7. The first-order valence-electron chi connectivity index (χ1n) is 6.24. The van der Waals surface area contributed by atoms with Crippen molar-refractivity contribution in [3.8, 4) is 17.2 Å². The second-order valence-electron chi connectivity index (χ2n) is 5.04. The van der Waals surface area contributed by atoms with Crippen molar-refractivity contribution >= 4 is 5.91 Å². The molecule has 0 radical (unpaired) electrons. The van der Waals surface area contributed by atoms with E-state index < -0.39 is 5.60 Å². The average molecular weight is 281 g/mol. The number of methoxy groups -OCH3 is 3. The molecule has 0 saturated carbocycles. The fourth-order valence-electron chi connectivity index (χ4n) is 2.36. The molecule has 1 heterocycles. The Morgan fingerprint density at radius 3 is 2.20 bits per heavy atom. The number of hydrogen-bond donors (Lipinski definition) is 1. The van der Waals surface area contributed by atoms with Crippen molar-refractivity contribution in [2.75, 3.05) is 34.4 Å². The zero-order valence-corrected chi connectivity index (χ0v) is 12.1. The molecule has 1 saturated heterocycles. The Labute approximate surface area is 117 Å². The number of ether oxygens (including phenoxy) is 3. The standard InChI is InChI=1S/C14H19NO5/c1-14(17)7-15(8-14)13(16)9-5-6-10(18-2)12(20-4)11(9)19-3/h5-6,17H,7-8H2,1-4H3. The van der Waals surface area contributed by atoms with E-state index in [0.29, 0.717) is 35.9 Å². The first-order chi connectivity index (χ1) is 9.43. The van der Waals surface area contributed by atoms with Crippen molar-refractivity contribution in [2.45, 2.75) is 12.5 Å². The SMILES string of the molecule is COc1ccc(C(=O)N2CC(C)(O)C2)c(OC)c1OC. The average Bonchev–Trinajstić information content (AvgIpc) is 2.41. The third-order valence-corrected chi connectivity index (χ3v) is 3.28. The summed E-state index contributed by atoms with van der Waals surface area (Å²) in [5.74, 6) is 1.02. The predicted octanol–water partition coefficient (Wildman–Crippen LogP) is 0.919. The van der Waals surface area contributed by atoms with Crippen molar-refractivity contribution in [2.24, 2.45) is 0 Å². The lowest BCUT2D eigenvalue weighted by Crippen LogP contribution is -2.61. The highest BCUT2D eigenvalue weighted by Gasteiger charge is 2.40. The van der Waals surface area contributed by atoms with Gasteiger partial charge in [-0.2, -0.15) is 0 Å². The first kappa shape index (κ1) is 14.5. The summed E-state index contributed by atoms with van der Waals surface area (Å²) in [5, 5.41) is 9.72. The van der Waals surface area contributed by atoms with E-state index in [4.69, 9.17) is 14.2 Å². The summed E-state index contributed by atoms with van der Waals surface area (Å²) in [6, 6.07) is 3.29. The van der Waals surface area contributed by atoms with Crippen LogP contribution < -0.4 is 14.2 Å². The summed E-state index contributed by atoms with van der Waals surface area (Å²) in [6.45, 7) is 2.31. The molecule has 6 heteroatoms. The molecule has 1 N–H and O–H groups in total. The molecular formula is C14H19NO5. The molecule has 1 aliphatic heterocycles. The van der Waals surface area contributed by atoms with Gasteiger partial charge >= 0.3 is 0 Å². The number of benzene rings is 1. The lowest BCUT2D eigenvalue weighted by molar-refractivity contribution is -0.0669. The molecular weight excluding hydrogens is 262 g/mol. The van der Waals surface area contributed by atoms with Crippen LogP contribution in [0.15, 0.2) is 12.1 Å². The van der Waals surface area contributed by atoms with E-state index >= 15 is 0 Å². The van der Waals surface area contributed by atoms with Crippen LogP contribution in [0.25, 0.3) is 0 Å². The van der Waals surface area contributed by atoms with E-state index in [-0.39, 0.29) is 5.91 Å². The van der Waals surface area contributed by atoms with E-state index in [2.05, 4.69) is 0 Å². The third-order valence-electron chi connectivity index (χ3n) is 3.28. The van der Waals surface area contributed by atoms with Crippen molar-refractivity contribution < 1.29 is 24.1 Å². The molecule has 1 aromatic rings. The summed E-state index contributed by atoms with van der Waals surface area (Å²) in [5.41, 5.74) is -0.417. The fraction of sp³-hybridized carbons (Fsp3) is 0.500. The van der Waals surface area contributed by atoms with Gasteiger partial charge in [-0.3, -0.25) is 4.79 Å². The molecule has 0 atom stereocenters. The second kappa shape index (κ2) is 5.20. The van der Waals surface area contributed by atoms with Crippen molar-refractivity contribution in [1.82, 2.24) is 4.90 Å². The maximum Gasteiger partial charge on any atom is 0.257 e. The molecule has 1 aliphatic rings. The van der Waals surface area contributed by atoms with Gasteiger partial charge in [0, 0.05) is 0 Å². The molecule has 0 aliphatic carbocycles. The van der Waals surface area contributed by atoms with Gasteiger partial charge in [-0.25, -0.2) is 0 Å². The molecule has 1 aromatic carbocycles. The van der Waals surface area contributed by atoms with Gasteiger partial charge in [-0.05, 0) is 19.1 Å². The van der Waals surface area contributed by atoms with E-state index in [9.17, 15) is 9.90 Å². The number of nitrogens with zero attached hydrogens (tertiary/aromatic N) is 1. The van der Waals surface area contributed by atoms with Crippen molar-refractivity contribution in [3.05, 3.63) is 17.7 Å². The zero-order valence-electron chi connectivity index (χ0n) is 12.1. The molecule has 1 amide bonds. The van der Waals surface area contributed by atoms with Crippen LogP contribution in [0, 0.1) is 0 Å². The molecule has 110 valence electrons. The number of rotatable bonds is 4. The Morgan fingerprint density at radius 2 is 1.75 bits per heavy atom. The minimum atomic E-state index is -0.806. The molecule has 1 fully saturated rings. The first-order valence-corrected chi connectivity index (χ1v) is 6.24. The van der Waals surface area contributed by atoms with Gasteiger partial charge in [0.15, 0.2) is 11.5 Å². The Hall–Kier alpha value is -1.95. The number of aliphatic hydroxyl groups is 1. The molecule has 0 spiro atoms. The Kier molecular flexibility index (Phi) is 3.76. The van der Waals surface area contributed by atoms with E-state index in [1.54, 1.807) is 24.0 Å². The van der Waals surface area contributed by atoms with Crippen LogP contribution >= 0.6 is 0 Å². The number of β-amino-alcohol motifs (C(OH)–C–C–N with tert-alkyl or cyclic N) is 1. The quantitative estimate of drug-likeness (QED) is 0.889. The van der Waals surface area contributed by atoms with Crippen LogP contribution in [0.3, 0.4) is 0 Å². The predicted molar refractivity (Wildman–Crippen MR) is 72.6 cm³/mol. The summed E-state index contributed by atoms with van der Waals surface area (Å²) in [6.07, 6.45) is 0. The minimum Gasteiger partial charge on any atom is -0.493 e. The normalized spacial score (nSPS) is 16.4. The number of carbonyl (C=O) groups excluding carboxylic acids is 1. The Balaban J connectivity index is 2.35. The molecule has 20 heavy (non-hydrogen) atoms. The minimum absolute atomic E-state index is 0.200. The molecule has 0 bridgehead atoms. The Morgan fingerprint density at radius 1 is 1.15 bits per heavy atom. The zero-order chi connectivity index (χ0) is 14.9. The highest BCUT2D eigenvalue weighted by atomic mass is 16.5. The van der Waals surface area contributed by atoms with Gasteiger partial charge in [0.1, 0.15) is 0 Å². The number of likely N-dealkylation sites (tertiary alicyclic amines) is 1. The van der Waals surface area contributed by atoms with E-state index in [0.717, 1.165) is 0 Å². The summed E-state index contributed by atoms with van der Waals surface area (Å²) in [7, 11) is 4.48. The lowest BCUT2D eigenvalue weighted by Gasteiger charge is -2.44. The van der Waals surface area contributed by atoms with Gasteiger partial charge in [-0.15, -0.1) is 0 Å². The van der Waals surface area contributed by atoms with Gasteiger partial charge in [0.25, 0.3) is 5.91 Å². The third kappa shape index (κ3) is 2.38. The topological polar surface area (TPSA) is 68.2 Å². The van der Waals surface area contributed by atoms with Crippen LogP contribution in [-0.2, 0) is 0 Å². The van der Waals surface area contributed by atoms with E-state index in [1.165, 1.54) is 21.3 Å². The van der Waals surface area contributed by atoms with Crippen molar-refractivity contribution in [3.63, 3.8) is 0 Å². The largest absolute Gasteiger partial charge is 0.493 e. The van der Waals surface area contributed by atoms with Crippen LogP contribution in [0.2, 0.25) is 0 Å². The van der Waals surface area contributed by atoms with Gasteiger partial charge in [0.05, 0.1) is 45.6 Å². The van der Waals surface area contributed by atoms with Crippen LogP contribution in [-0.4, -0.2) is 55.9 Å². The number of amides is 1. The van der Waals surface area contributed by atoms with Crippen LogP contribution in [0.4, 0.5) is 0 Å². The smallest absolute Gasteiger partial charge is 0.257 e. The summed E-state index contributed by atoms with van der Waals surface area (Å²) >= 11 is 0. The van der Waals surface area contributed by atoms with Gasteiger partial charge < -0.3 is 24.2 Å². The van der Waals surface area contributed by atoms with Crippen LogP contribution in [0.5, 0.6) is 17.2 Å². The number of carbonyl (C=O) groups is 1. The fourth-order valence-corrected chi connectivity index (χ4v) is 2.36. The van der Waals surface area contributed by atoms with E-state index in [1.807, 2.05) is 0 Å². The summed E-state index contributed by atoms with van der Waals surface area (Å²) in [4.78, 5) is 14.0.